The van der Waals surface area contributed by atoms with E-state index in [1.54, 1.807) is 6.08 Å². The Kier molecular flexibility index (Phi) is 4.01. The summed E-state index contributed by atoms with van der Waals surface area (Å²) in [5.74, 6) is 0.0232. The fraction of sp³-hybridized carbons (Fsp3) is 0.167. The van der Waals surface area contributed by atoms with Crippen molar-refractivity contribution in [3.05, 3.63) is 66.2 Å². The first-order valence-corrected chi connectivity index (χ1v) is 7.22. The van der Waals surface area contributed by atoms with Gasteiger partial charge in [0.1, 0.15) is 0 Å². The molecule has 21 heavy (non-hydrogen) atoms. The van der Waals surface area contributed by atoms with Crippen LogP contribution in [0.2, 0.25) is 0 Å². The Bertz CT molecular complexity index is 649. The van der Waals surface area contributed by atoms with Gasteiger partial charge in [0.2, 0.25) is 0 Å². The molecular formula is C18H18N2O. The molecule has 106 valence electrons. The van der Waals surface area contributed by atoms with Crippen LogP contribution in [0.5, 0.6) is 0 Å². The van der Waals surface area contributed by atoms with E-state index in [0.29, 0.717) is 0 Å². The minimum absolute atomic E-state index is 0.0232. The second-order valence-corrected chi connectivity index (χ2v) is 5.03. The lowest BCUT2D eigenvalue weighted by atomic mass is 10.2. The summed E-state index contributed by atoms with van der Waals surface area (Å²) in [7, 11) is 0. The highest BCUT2D eigenvalue weighted by atomic mass is 16.2. The van der Waals surface area contributed by atoms with Crippen molar-refractivity contribution < 1.29 is 4.79 Å². The molecule has 0 unspecified atom stereocenters. The van der Waals surface area contributed by atoms with Crippen LogP contribution in [0.15, 0.2) is 60.7 Å². The Morgan fingerprint density at radius 3 is 2.67 bits per heavy atom. The number of anilines is 2. The number of carbonyl (C=O) groups is 1. The zero-order valence-corrected chi connectivity index (χ0v) is 11.8. The summed E-state index contributed by atoms with van der Waals surface area (Å²) in [5, 5.41) is 3.37. The second-order valence-electron chi connectivity index (χ2n) is 5.03. The standard InChI is InChI=1S/C18H18N2O/c21-18(12-11-15-7-2-1-3-8-15)20-14-6-13-19-16-9-4-5-10-17(16)20/h1-5,7-12,19H,6,13-14H2/b12-11+. The van der Waals surface area contributed by atoms with Crippen LogP contribution in [-0.4, -0.2) is 19.0 Å². The molecule has 0 fully saturated rings. The number of nitrogens with zero attached hydrogens (tertiary/aromatic N) is 1. The van der Waals surface area contributed by atoms with Gasteiger partial charge in [-0.05, 0) is 30.2 Å². The zero-order valence-electron chi connectivity index (χ0n) is 11.8. The van der Waals surface area contributed by atoms with Gasteiger partial charge in [-0.25, -0.2) is 0 Å². The molecule has 0 saturated carbocycles. The molecule has 1 aliphatic heterocycles. The van der Waals surface area contributed by atoms with Crippen LogP contribution in [0.25, 0.3) is 6.08 Å². The number of fused-ring (bicyclic) bond motifs is 1. The number of hydrogen-bond acceptors (Lipinski definition) is 2. The maximum atomic E-state index is 12.5. The van der Waals surface area contributed by atoms with E-state index >= 15 is 0 Å². The zero-order chi connectivity index (χ0) is 14.5. The number of hydrogen-bond donors (Lipinski definition) is 1. The summed E-state index contributed by atoms with van der Waals surface area (Å²) in [5.41, 5.74) is 3.02. The van der Waals surface area contributed by atoms with Crippen molar-refractivity contribution in [1.29, 1.82) is 0 Å². The summed E-state index contributed by atoms with van der Waals surface area (Å²) in [6.07, 6.45) is 4.46. The van der Waals surface area contributed by atoms with Crippen molar-refractivity contribution in [1.82, 2.24) is 0 Å². The van der Waals surface area contributed by atoms with Crippen LogP contribution in [0.4, 0.5) is 11.4 Å². The van der Waals surface area contributed by atoms with Crippen molar-refractivity contribution in [2.45, 2.75) is 6.42 Å². The van der Waals surface area contributed by atoms with E-state index in [4.69, 9.17) is 0 Å². The third kappa shape index (κ3) is 3.14. The van der Waals surface area contributed by atoms with Gasteiger partial charge < -0.3 is 10.2 Å². The van der Waals surface area contributed by atoms with Gasteiger partial charge in [-0.2, -0.15) is 0 Å². The van der Waals surface area contributed by atoms with Crippen LogP contribution in [-0.2, 0) is 4.79 Å². The monoisotopic (exact) mass is 278 g/mol. The van der Waals surface area contributed by atoms with Gasteiger partial charge in [0.05, 0.1) is 11.4 Å². The predicted octanol–water partition coefficient (Wildman–Crippen LogP) is 3.55. The third-order valence-corrected chi connectivity index (χ3v) is 3.55. The van der Waals surface area contributed by atoms with E-state index in [1.165, 1.54) is 0 Å². The number of carbonyl (C=O) groups excluding carboxylic acids is 1. The van der Waals surface area contributed by atoms with Crippen molar-refractivity contribution >= 4 is 23.4 Å². The van der Waals surface area contributed by atoms with Crippen LogP contribution >= 0.6 is 0 Å². The van der Waals surface area contributed by atoms with Crippen molar-refractivity contribution in [3.8, 4) is 0 Å². The average Bonchev–Trinajstić information content (AvgIpc) is 2.76. The quantitative estimate of drug-likeness (QED) is 0.852. The molecule has 0 saturated heterocycles. The maximum Gasteiger partial charge on any atom is 0.251 e. The highest BCUT2D eigenvalue weighted by Gasteiger charge is 2.18. The minimum Gasteiger partial charge on any atom is -0.383 e. The number of para-hydroxylation sites is 2. The summed E-state index contributed by atoms with van der Waals surface area (Å²) < 4.78 is 0. The van der Waals surface area contributed by atoms with Gasteiger partial charge in [0, 0.05) is 19.2 Å². The summed E-state index contributed by atoms with van der Waals surface area (Å²) in [6, 6.07) is 17.8. The maximum absolute atomic E-state index is 12.5. The fourth-order valence-corrected chi connectivity index (χ4v) is 2.49. The molecular weight excluding hydrogens is 260 g/mol. The normalized spacial score (nSPS) is 14.4. The van der Waals surface area contributed by atoms with Gasteiger partial charge in [0.25, 0.3) is 5.91 Å². The molecule has 0 radical (unpaired) electrons. The number of benzene rings is 2. The molecule has 2 aromatic carbocycles. The van der Waals surface area contributed by atoms with E-state index in [2.05, 4.69) is 5.32 Å². The van der Waals surface area contributed by atoms with E-state index in [1.807, 2.05) is 65.6 Å². The third-order valence-electron chi connectivity index (χ3n) is 3.55. The molecule has 1 amide bonds. The lowest BCUT2D eigenvalue weighted by molar-refractivity contribution is -0.114. The fourth-order valence-electron chi connectivity index (χ4n) is 2.49. The van der Waals surface area contributed by atoms with Gasteiger partial charge in [-0.1, -0.05) is 42.5 Å². The summed E-state index contributed by atoms with van der Waals surface area (Å²) >= 11 is 0. The Morgan fingerprint density at radius 2 is 1.81 bits per heavy atom. The molecule has 0 aromatic heterocycles. The largest absolute Gasteiger partial charge is 0.383 e. The number of rotatable bonds is 2. The van der Waals surface area contributed by atoms with Gasteiger partial charge >= 0.3 is 0 Å². The molecule has 3 rings (SSSR count). The average molecular weight is 278 g/mol. The lowest BCUT2D eigenvalue weighted by Gasteiger charge is -2.20. The van der Waals surface area contributed by atoms with Crippen molar-refractivity contribution in [2.24, 2.45) is 0 Å². The smallest absolute Gasteiger partial charge is 0.251 e. The number of nitrogens with one attached hydrogen (secondary N) is 1. The highest BCUT2D eigenvalue weighted by Crippen LogP contribution is 2.28. The SMILES string of the molecule is O=C(/C=C/c1ccccc1)N1CCCNc2ccccc21. The van der Waals surface area contributed by atoms with Crippen LogP contribution in [0.3, 0.4) is 0 Å². The van der Waals surface area contributed by atoms with E-state index in [0.717, 1.165) is 36.4 Å². The predicted molar refractivity (Wildman–Crippen MR) is 87.4 cm³/mol. The van der Waals surface area contributed by atoms with Crippen LogP contribution in [0, 0.1) is 0 Å². The Morgan fingerprint density at radius 1 is 1.05 bits per heavy atom. The van der Waals surface area contributed by atoms with Crippen LogP contribution in [0.1, 0.15) is 12.0 Å². The van der Waals surface area contributed by atoms with Crippen LogP contribution < -0.4 is 10.2 Å². The van der Waals surface area contributed by atoms with Gasteiger partial charge in [-0.3, -0.25) is 4.79 Å². The van der Waals surface area contributed by atoms with Crippen molar-refractivity contribution in [3.63, 3.8) is 0 Å². The Hall–Kier alpha value is -2.55. The molecule has 2 aromatic rings. The van der Waals surface area contributed by atoms with Gasteiger partial charge in [-0.15, -0.1) is 0 Å². The second kappa shape index (κ2) is 6.27. The van der Waals surface area contributed by atoms with Gasteiger partial charge in [0.15, 0.2) is 0 Å². The molecule has 0 spiro atoms. The van der Waals surface area contributed by atoms with E-state index in [-0.39, 0.29) is 5.91 Å². The molecule has 1 aliphatic rings. The minimum atomic E-state index is 0.0232. The van der Waals surface area contributed by atoms with Crippen molar-refractivity contribution in [2.75, 3.05) is 23.3 Å². The first kappa shape index (κ1) is 13.4. The first-order valence-electron chi connectivity index (χ1n) is 7.22. The Balaban J connectivity index is 1.83. The van der Waals surface area contributed by atoms with E-state index in [9.17, 15) is 4.79 Å². The molecule has 0 bridgehead atoms. The molecule has 0 aliphatic carbocycles. The summed E-state index contributed by atoms with van der Waals surface area (Å²) in [6.45, 7) is 1.63. The molecule has 1 heterocycles. The number of amides is 1. The highest BCUT2D eigenvalue weighted by molar-refractivity contribution is 6.05. The molecule has 3 heteroatoms. The first-order chi connectivity index (χ1) is 10.3. The molecule has 1 N–H and O–H groups in total. The van der Waals surface area contributed by atoms with E-state index < -0.39 is 0 Å². The molecule has 0 atom stereocenters. The Labute approximate surface area is 124 Å². The molecule has 3 nitrogen and oxygen atoms in total. The topological polar surface area (TPSA) is 32.3 Å². The lowest BCUT2D eigenvalue weighted by Crippen LogP contribution is -2.29. The summed E-state index contributed by atoms with van der Waals surface area (Å²) in [4.78, 5) is 14.3.